The van der Waals surface area contributed by atoms with Gasteiger partial charge < -0.3 is 24.8 Å². The van der Waals surface area contributed by atoms with Crippen molar-refractivity contribution in [3.05, 3.63) is 29.8 Å². The second-order valence-electron chi connectivity index (χ2n) is 7.37. The van der Waals surface area contributed by atoms with Gasteiger partial charge in [-0.2, -0.15) is 0 Å². The maximum atomic E-state index is 5.92. The zero-order valence-electron chi connectivity index (χ0n) is 18.1. The van der Waals surface area contributed by atoms with E-state index in [9.17, 15) is 0 Å². The maximum absolute atomic E-state index is 5.92. The Kier molecular flexibility index (Phi) is 14.1. The quantitative estimate of drug-likeness (QED) is 0.202. The first kappa shape index (κ1) is 26.0. The molecule has 0 radical (unpaired) electrons. The van der Waals surface area contributed by atoms with Crippen LogP contribution in [0.15, 0.2) is 29.3 Å². The number of nitrogens with one attached hydrogen (secondary N) is 2. The molecule has 1 saturated heterocycles. The number of guanidine groups is 1. The van der Waals surface area contributed by atoms with Crippen LogP contribution in [0.5, 0.6) is 5.75 Å². The number of aryl methyl sites for hydroxylation is 1. The molecular formula is C22H38IN3O3. The number of ether oxygens (including phenoxy) is 3. The summed E-state index contributed by atoms with van der Waals surface area (Å²) in [5.74, 6) is 2.37. The predicted molar refractivity (Wildman–Crippen MR) is 130 cm³/mol. The number of benzene rings is 1. The lowest BCUT2D eigenvalue weighted by molar-refractivity contribution is 0.0203. The molecule has 1 aromatic rings. The maximum Gasteiger partial charge on any atom is 0.191 e. The van der Waals surface area contributed by atoms with Gasteiger partial charge in [0.05, 0.1) is 6.54 Å². The van der Waals surface area contributed by atoms with Crippen molar-refractivity contribution >= 4 is 29.9 Å². The lowest BCUT2D eigenvalue weighted by Crippen LogP contribution is -2.38. The van der Waals surface area contributed by atoms with E-state index in [0.717, 1.165) is 70.5 Å². The van der Waals surface area contributed by atoms with Gasteiger partial charge in [-0.25, -0.2) is 4.99 Å². The molecule has 1 heterocycles. The summed E-state index contributed by atoms with van der Waals surface area (Å²) in [5, 5.41) is 6.65. The van der Waals surface area contributed by atoms with E-state index in [0.29, 0.717) is 12.5 Å². The standard InChI is InChI=1S/C22H37N3O3.HI/c1-4-23-22(24-12-5-13-27-17-20-10-14-26-15-11-20)25-16-19(3)28-21-8-6-18(2)7-9-21;/h6-9,19-20H,4-5,10-17H2,1-3H3,(H2,23,24,25);1H. The van der Waals surface area contributed by atoms with E-state index in [1.165, 1.54) is 5.56 Å². The van der Waals surface area contributed by atoms with Crippen molar-refractivity contribution in [1.29, 1.82) is 0 Å². The zero-order valence-corrected chi connectivity index (χ0v) is 20.4. The summed E-state index contributed by atoms with van der Waals surface area (Å²) in [6.45, 7) is 11.8. The van der Waals surface area contributed by atoms with Gasteiger partial charge in [-0.05, 0) is 58.1 Å². The molecule has 2 N–H and O–H groups in total. The Morgan fingerprint density at radius 3 is 2.62 bits per heavy atom. The highest BCUT2D eigenvalue weighted by molar-refractivity contribution is 14.0. The van der Waals surface area contributed by atoms with Crippen molar-refractivity contribution in [2.75, 3.05) is 46.1 Å². The molecule has 0 spiro atoms. The summed E-state index contributed by atoms with van der Waals surface area (Å²) >= 11 is 0. The van der Waals surface area contributed by atoms with Gasteiger partial charge in [0, 0.05) is 39.5 Å². The van der Waals surface area contributed by atoms with E-state index < -0.39 is 0 Å². The highest BCUT2D eigenvalue weighted by Crippen LogP contribution is 2.15. The molecule has 1 atom stereocenters. The van der Waals surface area contributed by atoms with Gasteiger partial charge in [-0.15, -0.1) is 24.0 Å². The Hall–Kier alpha value is -1.06. The van der Waals surface area contributed by atoms with Crippen LogP contribution in [0, 0.1) is 12.8 Å². The molecule has 1 aliphatic heterocycles. The van der Waals surface area contributed by atoms with Crippen LogP contribution in [0.25, 0.3) is 0 Å². The minimum Gasteiger partial charge on any atom is -0.489 e. The van der Waals surface area contributed by atoms with E-state index in [2.05, 4.69) is 41.6 Å². The van der Waals surface area contributed by atoms with Crippen LogP contribution < -0.4 is 15.4 Å². The molecule has 2 rings (SSSR count). The van der Waals surface area contributed by atoms with Crippen LogP contribution in [0.3, 0.4) is 0 Å². The first-order valence-corrected chi connectivity index (χ1v) is 10.6. The number of nitrogens with zero attached hydrogens (tertiary/aromatic N) is 1. The molecule has 0 amide bonds. The van der Waals surface area contributed by atoms with Gasteiger partial charge in [-0.1, -0.05) is 17.7 Å². The van der Waals surface area contributed by atoms with E-state index in [1.54, 1.807) is 0 Å². The van der Waals surface area contributed by atoms with Crippen LogP contribution >= 0.6 is 24.0 Å². The zero-order chi connectivity index (χ0) is 20.0. The van der Waals surface area contributed by atoms with Crippen molar-refractivity contribution in [3.8, 4) is 5.75 Å². The number of hydrogen-bond acceptors (Lipinski definition) is 4. The van der Waals surface area contributed by atoms with Crippen LogP contribution in [0.4, 0.5) is 0 Å². The number of halogens is 1. The third-order valence-corrected chi connectivity index (χ3v) is 4.66. The second kappa shape index (κ2) is 15.7. The predicted octanol–water partition coefficient (Wildman–Crippen LogP) is 3.77. The molecule has 0 aromatic heterocycles. The number of hydrogen-bond donors (Lipinski definition) is 2. The summed E-state index contributed by atoms with van der Waals surface area (Å²) in [7, 11) is 0. The smallest absolute Gasteiger partial charge is 0.191 e. The van der Waals surface area contributed by atoms with Gasteiger partial charge in [0.25, 0.3) is 0 Å². The second-order valence-corrected chi connectivity index (χ2v) is 7.37. The molecule has 0 aliphatic carbocycles. The first-order chi connectivity index (χ1) is 13.7. The van der Waals surface area contributed by atoms with Crippen LogP contribution in [0.1, 0.15) is 38.7 Å². The molecule has 1 aliphatic rings. The number of rotatable bonds is 11. The average Bonchev–Trinajstić information content (AvgIpc) is 2.71. The normalized spacial score (nSPS) is 16.0. The number of aliphatic imine (C=N–C) groups is 1. The monoisotopic (exact) mass is 519 g/mol. The van der Waals surface area contributed by atoms with Crippen LogP contribution in [-0.4, -0.2) is 58.1 Å². The minimum atomic E-state index is 0. The summed E-state index contributed by atoms with van der Waals surface area (Å²) in [5.41, 5.74) is 1.23. The van der Waals surface area contributed by atoms with Crippen molar-refractivity contribution in [3.63, 3.8) is 0 Å². The molecule has 7 heteroatoms. The van der Waals surface area contributed by atoms with Gasteiger partial charge in [0.15, 0.2) is 5.96 Å². The summed E-state index contributed by atoms with van der Waals surface area (Å²) in [4.78, 5) is 4.63. The molecule has 1 aromatic carbocycles. The third-order valence-electron chi connectivity index (χ3n) is 4.66. The van der Waals surface area contributed by atoms with Gasteiger partial charge in [0.2, 0.25) is 0 Å². The van der Waals surface area contributed by atoms with Gasteiger partial charge in [-0.3, -0.25) is 0 Å². The SMILES string of the molecule is CCNC(=NCC(C)Oc1ccc(C)cc1)NCCCOCC1CCOCC1.I. The Labute approximate surface area is 193 Å². The Morgan fingerprint density at radius 1 is 1.21 bits per heavy atom. The highest BCUT2D eigenvalue weighted by Gasteiger charge is 2.13. The summed E-state index contributed by atoms with van der Waals surface area (Å²) in [6.07, 6.45) is 3.22. The fourth-order valence-electron chi connectivity index (χ4n) is 2.99. The fraction of sp³-hybridized carbons (Fsp3) is 0.682. The van der Waals surface area contributed by atoms with Crippen molar-refractivity contribution in [2.24, 2.45) is 10.9 Å². The molecule has 166 valence electrons. The first-order valence-electron chi connectivity index (χ1n) is 10.6. The van der Waals surface area contributed by atoms with E-state index in [-0.39, 0.29) is 30.1 Å². The molecule has 1 unspecified atom stereocenters. The van der Waals surface area contributed by atoms with Gasteiger partial charge in [0.1, 0.15) is 11.9 Å². The van der Waals surface area contributed by atoms with E-state index in [1.807, 2.05) is 19.1 Å². The third kappa shape index (κ3) is 11.6. The summed E-state index contributed by atoms with van der Waals surface area (Å²) < 4.78 is 17.1. The molecule has 6 nitrogen and oxygen atoms in total. The van der Waals surface area contributed by atoms with E-state index in [4.69, 9.17) is 14.2 Å². The van der Waals surface area contributed by atoms with E-state index >= 15 is 0 Å². The largest absolute Gasteiger partial charge is 0.489 e. The minimum absolute atomic E-state index is 0. The van der Waals surface area contributed by atoms with Crippen molar-refractivity contribution in [1.82, 2.24) is 10.6 Å². The van der Waals surface area contributed by atoms with Crippen molar-refractivity contribution in [2.45, 2.75) is 46.1 Å². The van der Waals surface area contributed by atoms with Gasteiger partial charge >= 0.3 is 0 Å². The molecular weight excluding hydrogens is 481 g/mol. The lowest BCUT2D eigenvalue weighted by atomic mass is 10.0. The Bertz CT molecular complexity index is 563. The molecule has 29 heavy (non-hydrogen) atoms. The topological polar surface area (TPSA) is 64.1 Å². The fourth-order valence-corrected chi connectivity index (χ4v) is 2.99. The van der Waals surface area contributed by atoms with Crippen LogP contribution in [-0.2, 0) is 9.47 Å². The Balaban J connectivity index is 0.00000420. The molecule has 0 bridgehead atoms. The highest BCUT2D eigenvalue weighted by atomic mass is 127. The molecule has 0 saturated carbocycles. The van der Waals surface area contributed by atoms with Crippen LogP contribution in [0.2, 0.25) is 0 Å². The lowest BCUT2D eigenvalue weighted by Gasteiger charge is -2.21. The average molecular weight is 519 g/mol. The van der Waals surface area contributed by atoms with Crippen molar-refractivity contribution < 1.29 is 14.2 Å². The molecule has 1 fully saturated rings. The summed E-state index contributed by atoms with van der Waals surface area (Å²) in [6, 6.07) is 8.11. The Morgan fingerprint density at radius 2 is 1.93 bits per heavy atom.